The number of fused-ring (bicyclic) bond motifs is 1. The monoisotopic (exact) mass is 271 g/mol. The third-order valence-electron chi connectivity index (χ3n) is 2.99. The van der Waals surface area contributed by atoms with Gasteiger partial charge >= 0.3 is 0 Å². The average Bonchev–Trinajstić information content (AvgIpc) is 2.93. The first-order chi connectivity index (χ1) is 9.72. The van der Waals surface area contributed by atoms with Crippen LogP contribution in [-0.2, 0) is 6.61 Å². The van der Waals surface area contributed by atoms with E-state index in [0.717, 1.165) is 11.3 Å². The molecule has 3 rings (SSSR count). The number of rotatable bonds is 4. The van der Waals surface area contributed by atoms with Crippen LogP contribution < -0.4 is 19.9 Å². The Morgan fingerprint density at radius 2 is 1.85 bits per heavy atom. The number of carbonyl (C=O) groups is 1. The maximum Gasteiger partial charge on any atom is 0.248 e. The van der Waals surface area contributed by atoms with Gasteiger partial charge in [-0.1, -0.05) is 12.1 Å². The zero-order valence-electron chi connectivity index (χ0n) is 10.7. The van der Waals surface area contributed by atoms with Gasteiger partial charge in [0.2, 0.25) is 12.7 Å². The van der Waals surface area contributed by atoms with E-state index in [-0.39, 0.29) is 6.79 Å². The predicted octanol–water partition coefficient (Wildman–Crippen LogP) is 2.09. The van der Waals surface area contributed by atoms with Crippen LogP contribution in [0.5, 0.6) is 17.2 Å². The summed E-state index contributed by atoms with van der Waals surface area (Å²) in [7, 11) is 0. The standard InChI is InChI=1S/C15H13NO4/c16-15(17)11-3-1-10(2-4-11)8-18-12-5-6-13-14(7-12)20-9-19-13/h1-7H,8-9H2,(H2,16,17). The minimum absolute atomic E-state index is 0.243. The molecule has 0 saturated heterocycles. The van der Waals surface area contributed by atoms with E-state index in [2.05, 4.69) is 0 Å². The lowest BCUT2D eigenvalue weighted by atomic mass is 10.1. The van der Waals surface area contributed by atoms with Crippen LogP contribution in [-0.4, -0.2) is 12.7 Å². The molecule has 0 aromatic heterocycles. The van der Waals surface area contributed by atoms with Crippen molar-refractivity contribution in [2.75, 3.05) is 6.79 Å². The average molecular weight is 271 g/mol. The van der Waals surface area contributed by atoms with Gasteiger partial charge in [-0.3, -0.25) is 4.79 Å². The molecular weight excluding hydrogens is 258 g/mol. The Bertz CT molecular complexity index is 637. The molecule has 20 heavy (non-hydrogen) atoms. The largest absolute Gasteiger partial charge is 0.489 e. The summed E-state index contributed by atoms with van der Waals surface area (Å²) >= 11 is 0. The number of hydrogen-bond acceptors (Lipinski definition) is 4. The zero-order valence-corrected chi connectivity index (χ0v) is 10.7. The van der Waals surface area contributed by atoms with Crippen LogP contribution in [0.2, 0.25) is 0 Å². The summed E-state index contributed by atoms with van der Waals surface area (Å²) < 4.78 is 16.2. The maximum atomic E-state index is 11.0. The van der Waals surface area contributed by atoms with Crippen molar-refractivity contribution in [1.29, 1.82) is 0 Å². The van der Waals surface area contributed by atoms with Gasteiger partial charge in [-0.15, -0.1) is 0 Å². The van der Waals surface area contributed by atoms with Gasteiger partial charge in [-0.05, 0) is 29.8 Å². The lowest BCUT2D eigenvalue weighted by Gasteiger charge is -2.07. The summed E-state index contributed by atoms with van der Waals surface area (Å²) in [4.78, 5) is 11.0. The molecule has 0 fully saturated rings. The van der Waals surface area contributed by atoms with Crippen LogP contribution in [0.4, 0.5) is 0 Å². The lowest BCUT2D eigenvalue weighted by Crippen LogP contribution is -2.10. The summed E-state index contributed by atoms with van der Waals surface area (Å²) in [5, 5.41) is 0. The van der Waals surface area contributed by atoms with Gasteiger partial charge in [0.25, 0.3) is 0 Å². The quantitative estimate of drug-likeness (QED) is 0.924. The van der Waals surface area contributed by atoms with Gasteiger partial charge < -0.3 is 19.9 Å². The topological polar surface area (TPSA) is 70.8 Å². The Hall–Kier alpha value is -2.69. The Kier molecular flexibility index (Phi) is 3.16. The Morgan fingerprint density at radius 1 is 1.10 bits per heavy atom. The molecule has 0 spiro atoms. The van der Waals surface area contributed by atoms with Crippen LogP contribution in [0.25, 0.3) is 0 Å². The van der Waals surface area contributed by atoms with Gasteiger partial charge in [0.1, 0.15) is 12.4 Å². The van der Waals surface area contributed by atoms with E-state index in [9.17, 15) is 4.79 Å². The highest BCUT2D eigenvalue weighted by Gasteiger charge is 2.13. The van der Waals surface area contributed by atoms with Gasteiger partial charge in [0, 0.05) is 11.6 Å². The van der Waals surface area contributed by atoms with Crippen molar-refractivity contribution in [2.45, 2.75) is 6.61 Å². The smallest absolute Gasteiger partial charge is 0.248 e. The molecule has 102 valence electrons. The number of nitrogens with two attached hydrogens (primary N) is 1. The van der Waals surface area contributed by atoms with Crippen LogP contribution >= 0.6 is 0 Å². The van der Waals surface area contributed by atoms with Crippen molar-refractivity contribution in [3.8, 4) is 17.2 Å². The van der Waals surface area contributed by atoms with Gasteiger partial charge in [0.05, 0.1) is 0 Å². The molecule has 1 amide bonds. The number of amides is 1. The first-order valence-corrected chi connectivity index (χ1v) is 6.13. The van der Waals surface area contributed by atoms with Crippen molar-refractivity contribution >= 4 is 5.91 Å². The summed E-state index contributed by atoms with van der Waals surface area (Å²) in [6.45, 7) is 0.645. The Morgan fingerprint density at radius 3 is 2.60 bits per heavy atom. The fourth-order valence-electron chi connectivity index (χ4n) is 1.90. The van der Waals surface area contributed by atoms with E-state index in [1.807, 2.05) is 24.3 Å². The summed E-state index contributed by atoms with van der Waals surface area (Å²) in [5.74, 6) is 1.68. The van der Waals surface area contributed by atoms with E-state index in [1.54, 1.807) is 18.2 Å². The van der Waals surface area contributed by atoms with Crippen molar-refractivity contribution < 1.29 is 19.0 Å². The van der Waals surface area contributed by atoms with E-state index in [4.69, 9.17) is 19.9 Å². The molecule has 5 nitrogen and oxygen atoms in total. The summed E-state index contributed by atoms with van der Waals surface area (Å²) in [5.41, 5.74) is 6.62. The van der Waals surface area contributed by atoms with Crippen molar-refractivity contribution in [3.05, 3.63) is 53.6 Å². The molecular formula is C15H13NO4. The van der Waals surface area contributed by atoms with Crippen molar-refractivity contribution in [3.63, 3.8) is 0 Å². The fourth-order valence-corrected chi connectivity index (χ4v) is 1.90. The SMILES string of the molecule is NC(=O)c1ccc(COc2ccc3c(c2)OCO3)cc1. The van der Waals surface area contributed by atoms with Crippen molar-refractivity contribution in [2.24, 2.45) is 5.73 Å². The molecule has 2 aromatic carbocycles. The van der Waals surface area contributed by atoms with Crippen LogP contribution in [0.1, 0.15) is 15.9 Å². The molecule has 1 aliphatic heterocycles. The van der Waals surface area contributed by atoms with E-state index >= 15 is 0 Å². The molecule has 2 N–H and O–H groups in total. The lowest BCUT2D eigenvalue weighted by molar-refractivity contribution is 0.1000. The number of primary amides is 1. The molecule has 0 saturated carbocycles. The summed E-state index contributed by atoms with van der Waals surface area (Å²) in [6.07, 6.45) is 0. The maximum absolute atomic E-state index is 11.0. The van der Waals surface area contributed by atoms with Crippen LogP contribution in [0, 0.1) is 0 Å². The first-order valence-electron chi connectivity index (χ1n) is 6.13. The number of carbonyl (C=O) groups excluding carboxylic acids is 1. The van der Waals surface area contributed by atoms with E-state index in [1.165, 1.54) is 0 Å². The Balaban J connectivity index is 1.65. The van der Waals surface area contributed by atoms with Gasteiger partial charge in [-0.25, -0.2) is 0 Å². The zero-order chi connectivity index (χ0) is 13.9. The molecule has 5 heteroatoms. The number of ether oxygens (including phenoxy) is 3. The van der Waals surface area contributed by atoms with Crippen molar-refractivity contribution in [1.82, 2.24) is 0 Å². The molecule has 0 unspecified atom stereocenters. The molecule has 0 bridgehead atoms. The molecule has 1 heterocycles. The number of benzene rings is 2. The fraction of sp³-hybridized carbons (Fsp3) is 0.133. The highest BCUT2D eigenvalue weighted by Crippen LogP contribution is 2.35. The highest BCUT2D eigenvalue weighted by atomic mass is 16.7. The van der Waals surface area contributed by atoms with Gasteiger partial charge in [-0.2, -0.15) is 0 Å². The third kappa shape index (κ3) is 2.51. The van der Waals surface area contributed by atoms with Gasteiger partial charge in [0.15, 0.2) is 11.5 Å². The molecule has 1 aliphatic rings. The van der Waals surface area contributed by atoms with E-state index in [0.29, 0.717) is 23.7 Å². The molecule has 2 aromatic rings. The molecule has 0 atom stereocenters. The number of hydrogen-bond donors (Lipinski definition) is 1. The molecule has 0 radical (unpaired) electrons. The minimum atomic E-state index is -0.437. The van der Waals surface area contributed by atoms with E-state index < -0.39 is 5.91 Å². The second-order valence-corrected chi connectivity index (χ2v) is 4.36. The third-order valence-corrected chi connectivity index (χ3v) is 2.99. The second-order valence-electron chi connectivity index (χ2n) is 4.36. The Labute approximate surface area is 115 Å². The normalized spacial score (nSPS) is 12.2. The van der Waals surface area contributed by atoms with Crippen LogP contribution in [0.3, 0.4) is 0 Å². The van der Waals surface area contributed by atoms with Crippen LogP contribution in [0.15, 0.2) is 42.5 Å². The first kappa shape index (κ1) is 12.3. The molecule has 0 aliphatic carbocycles. The minimum Gasteiger partial charge on any atom is -0.489 e. The highest BCUT2D eigenvalue weighted by molar-refractivity contribution is 5.92. The summed E-state index contributed by atoms with van der Waals surface area (Å²) in [6, 6.07) is 12.4. The predicted molar refractivity (Wildman–Crippen MR) is 71.9 cm³/mol. The second kappa shape index (κ2) is 5.13.